The lowest BCUT2D eigenvalue weighted by molar-refractivity contribution is 0.166. The van der Waals surface area contributed by atoms with Gasteiger partial charge in [0.05, 0.1) is 0 Å². The molecule has 6 heteroatoms. The first-order valence-corrected chi connectivity index (χ1v) is 14.7. The second-order valence-electron chi connectivity index (χ2n) is 13.8. The summed E-state index contributed by atoms with van der Waals surface area (Å²) in [6, 6.07) is 13.0. The van der Waals surface area contributed by atoms with Gasteiger partial charge in [-0.1, -0.05) is 119 Å². The molecule has 2 aromatic rings. The van der Waals surface area contributed by atoms with Crippen molar-refractivity contribution in [3.8, 4) is 0 Å². The first kappa shape index (κ1) is 30.3. The molecule has 2 rings (SSSR count). The van der Waals surface area contributed by atoms with Crippen LogP contribution in [0.3, 0.4) is 0 Å². The van der Waals surface area contributed by atoms with E-state index in [4.69, 9.17) is 8.10 Å². The van der Waals surface area contributed by atoms with E-state index in [2.05, 4.69) is 119 Å². The predicted octanol–water partition coefficient (Wildman–Crippen LogP) is 7.65. The molecule has 0 aliphatic heterocycles. The highest BCUT2D eigenvalue weighted by Crippen LogP contribution is 2.50. The summed E-state index contributed by atoms with van der Waals surface area (Å²) in [7, 11) is -4.22. The van der Waals surface area contributed by atoms with Gasteiger partial charge in [0.1, 0.15) is 6.10 Å². The van der Waals surface area contributed by atoms with E-state index in [1.54, 1.807) is 0 Å². The van der Waals surface area contributed by atoms with Gasteiger partial charge in [0, 0.05) is 0 Å². The Morgan fingerprint density at radius 3 is 1.09 bits per heavy atom. The van der Waals surface area contributed by atoms with Gasteiger partial charge in [-0.2, -0.15) is 0 Å². The summed E-state index contributed by atoms with van der Waals surface area (Å²) in [5.41, 5.74) is 5.99. The molecule has 1 atom stereocenters. The monoisotopic (exact) mass is 516 g/mol. The molecular formula is C29H46AlO4P. The van der Waals surface area contributed by atoms with Crippen LogP contribution >= 0.6 is 7.82 Å². The lowest BCUT2D eigenvalue weighted by Crippen LogP contribution is -2.20. The molecule has 0 aromatic heterocycles. The third-order valence-electron chi connectivity index (χ3n) is 6.45. The van der Waals surface area contributed by atoms with Crippen molar-refractivity contribution in [1.82, 2.24) is 0 Å². The van der Waals surface area contributed by atoms with Crippen LogP contribution in [-0.4, -0.2) is 21.5 Å². The summed E-state index contributed by atoms with van der Waals surface area (Å²) in [5.74, 6) is 0. The van der Waals surface area contributed by atoms with Crippen molar-refractivity contribution in [3.63, 3.8) is 0 Å². The van der Waals surface area contributed by atoms with Crippen LogP contribution in [0, 0.1) is 0 Å². The largest absolute Gasteiger partial charge is 0.444 e. The van der Waals surface area contributed by atoms with E-state index in [1.165, 1.54) is 0 Å². The first-order valence-electron chi connectivity index (χ1n) is 12.4. The summed E-state index contributed by atoms with van der Waals surface area (Å²) in [6.45, 7) is 26.2. The Hall–Kier alpha value is -0.918. The van der Waals surface area contributed by atoms with Crippen LogP contribution in [0.2, 0.25) is 0 Å². The summed E-state index contributed by atoms with van der Waals surface area (Å²) < 4.78 is 23.8. The number of hydrogen-bond acceptors (Lipinski definition) is 3. The Labute approximate surface area is 222 Å². The fraction of sp³-hybridized carbons (Fsp3) is 0.586. The topological polar surface area (TPSA) is 55.8 Å². The van der Waals surface area contributed by atoms with Gasteiger partial charge < -0.3 is 8.47 Å². The minimum atomic E-state index is -4.22. The van der Waals surface area contributed by atoms with E-state index in [-0.39, 0.29) is 38.3 Å². The van der Waals surface area contributed by atoms with Crippen molar-refractivity contribution in [3.05, 3.63) is 69.8 Å². The molecule has 2 aromatic carbocycles. The van der Waals surface area contributed by atoms with Gasteiger partial charge in [-0.15, -0.1) is 0 Å². The van der Waals surface area contributed by atoms with Crippen molar-refractivity contribution in [1.29, 1.82) is 0 Å². The maximum absolute atomic E-state index is 12.8. The van der Waals surface area contributed by atoms with E-state index in [1.807, 2.05) is 0 Å². The molecule has 0 fully saturated rings. The Kier molecular flexibility index (Phi) is 8.74. The maximum atomic E-state index is 12.8. The van der Waals surface area contributed by atoms with Crippen LogP contribution in [0.25, 0.3) is 0 Å². The standard InChI is InChI=1S/C29H45O4P.Al.2H/c1-26(2,3)21-13-19(14-22(17-21)27(4,5)6)25(33-34(30,31)32)20-15-23(28(7,8)9)18-24(16-20)29(10,11)12;;;/h13-18,25H,1-12H3,(H2,30,31,32);;;/q;+1;;/p-1. The molecule has 0 aliphatic carbocycles. The zero-order valence-corrected chi connectivity index (χ0v) is 27.1. The first-order chi connectivity index (χ1) is 15.5. The second-order valence-corrected chi connectivity index (χ2v) is 16.4. The van der Waals surface area contributed by atoms with E-state index in [0.29, 0.717) is 0 Å². The van der Waals surface area contributed by atoms with Crippen molar-refractivity contribution in [2.75, 3.05) is 0 Å². The Bertz CT molecular complexity index is 956. The fourth-order valence-corrected chi connectivity index (χ4v) is 4.68. The van der Waals surface area contributed by atoms with E-state index in [0.717, 1.165) is 33.4 Å². The maximum Gasteiger partial charge on any atom is 0.444 e. The number of phosphoric acid groups is 1. The lowest BCUT2D eigenvalue weighted by atomic mass is 9.77. The minimum absolute atomic E-state index is 0.0958. The molecule has 0 spiro atoms. The lowest BCUT2D eigenvalue weighted by Gasteiger charge is -2.31. The molecule has 1 N–H and O–H groups in total. The van der Waals surface area contributed by atoms with Gasteiger partial charge in [-0.25, -0.2) is 4.57 Å². The SMILES string of the molecule is CC(C)(C)c1cc(C(OP(=O)(O)[O][AlH2])c2cc(C(C)(C)C)cc(C(C)(C)C)c2)cc(C(C)(C)C)c1. The Morgan fingerprint density at radius 2 is 0.886 bits per heavy atom. The van der Waals surface area contributed by atoms with Crippen molar-refractivity contribution >= 4 is 24.4 Å². The third kappa shape index (κ3) is 8.03. The molecule has 4 nitrogen and oxygen atoms in total. The molecule has 0 radical (unpaired) electrons. The van der Waals surface area contributed by atoms with Crippen LogP contribution in [0.4, 0.5) is 0 Å². The average Bonchev–Trinajstić information content (AvgIpc) is 2.69. The Balaban J connectivity index is 2.94. The highest BCUT2D eigenvalue weighted by molar-refractivity contribution is 7.48. The van der Waals surface area contributed by atoms with Gasteiger partial charge in [0.15, 0.2) is 0 Å². The van der Waals surface area contributed by atoms with Crippen LogP contribution in [0.5, 0.6) is 0 Å². The molecule has 0 saturated carbocycles. The van der Waals surface area contributed by atoms with Gasteiger partial charge in [0.2, 0.25) is 0 Å². The van der Waals surface area contributed by atoms with E-state index < -0.39 is 13.9 Å². The smallest absolute Gasteiger partial charge is 0.423 e. The highest BCUT2D eigenvalue weighted by Gasteiger charge is 2.31. The molecule has 1 unspecified atom stereocenters. The number of benzene rings is 2. The van der Waals surface area contributed by atoms with Crippen molar-refractivity contribution in [2.45, 2.75) is 111 Å². The molecule has 0 saturated heterocycles. The fourth-order valence-electron chi connectivity index (χ4n) is 3.83. The Morgan fingerprint density at radius 1 is 0.629 bits per heavy atom. The molecule has 35 heavy (non-hydrogen) atoms. The van der Waals surface area contributed by atoms with Gasteiger partial charge in [0.25, 0.3) is 0 Å². The summed E-state index contributed by atoms with van der Waals surface area (Å²) >= 11 is 0.103. The van der Waals surface area contributed by atoms with Crippen LogP contribution in [-0.2, 0) is 34.3 Å². The van der Waals surface area contributed by atoms with Gasteiger partial charge in [-0.05, 0) is 55.0 Å². The predicted molar refractivity (Wildman–Crippen MR) is 150 cm³/mol. The van der Waals surface area contributed by atoms with Crippen LogP contribution in [0.1, 0.15) is 123 Å². The van der Waals surface area contributed by atoms with Crippen LogP contribution < -0.4 is 0 Å². The minimum Gasteiger partial charge on any atom is -0.423 e. The summed E-state index contributed by atoms with van der Waals surface area (Å²) in [5, 5.41) is 0. The molecule has 0 bridgehead atoms. The van der Waals surface area contributed by atoms with Crippen molar-refractivity contribution < 1.29 is 17.6 Å². The molecule has 0 heterocycles. The van der Waals surface area contributed by atoms with E-state index in [9.17, 15) is 9.46 Å². The number of rotatable bonds is 5. The average molecular weight is 517 g/mol. The highest BCUT2D eigenvalue weighted by atomic mass is 31.2. The zero-order chi connectivity index (χ0) is 27.2. The number of phosphoric ester groups is 1. The van der Waals surface area contributed by atoms with E-state index >= 15 is 0 Å². The quantitative estimate of drug-likeness (QED) is 0.328. The normalized spacial score (nSPS) is 15.4. The van der Waals surface area contributed by atoms with Crippen molar-refractivity contribution in [2.24, 2.45) is 0 Å². The molecule has 194 valence electrons. The molecule has 0 amide bonds. The summed E-state index contributed by atoms with van der Waals surface area (Å²) in [4.78, 5) is 10.5. The second kappa shape index (κ2) is 10.1. The number of hydrogen-bond donors (Lipinski definition) is 1. The summed E-state index contributed by atoms with van der Waals surface area (Å²) in [6.07, 6.45) is -0.744. The molecular weight excluding hydrogens is 470 g/mol. The van der Waals surface area contributed by atoms with Gasteiger partial charge >= 0.3 is 24.4 Å². The van der Waals surface area contributed by atoms with Gasteiger partial charge in [-0.3, -0.25) is 4.52 Å². The van der Waals surface area contributed by atoms with Crippen LogP contribution in [0.15, 0.2) is 36.4 Å². The zero-order valence-electron chi connectivity index (χ0n) is 24.2. The third-order valence-corrected chi connectivity index (χ3v) is 8.77. The molecule has 0 aliphatic rings.